The minimum atomic E-state index is -4.00. The summed E-state index contributed by atoms with van der Waals surface area (Å²) in [6, 6.07) is 4.57. The SMILES string of the molecule is C[C@@H]1C(=O)O[C@H]2[C@H]1CC[C@]1(C)Cc3sc(NS(=O)(=O)c4c(Cl)cccc4Cl)nc3[C@@H](C)[C@H]21. The number of nitrogens with zero attached hydrogens (tertiary/aromatic N) is 1. The molecule has 2 aromatic rings. The first-order valence-electron chi connectivity index (χ1n) is 10.7. The fraction of sp³-hybridized carbons (Fsp3) is 0.545. The van der Waals surface area contributed by atoms with Gasteiger partial charge in [-0.1, -0.05) is 50.0 Å². The average molecular weight is 515 g/mol. The number of ether oxygens (including phenoxy) is 1. The van der Waals surface area contributed by atoms with E-state index in [0.717, 1.165) is 29.8 Å². The highest BCUT2D eigenvalue weighted by Crippen LogP contribution is 2.59. The van der Waals surface area contributed by atoms with Crippen LogP contribution in [0.2, 0.25) is 10.0 Å². The topological polar surface area (TPSA) is 85.4 Å². The van der Waals surface area contributed by atoms with Crippen LogP contribution >= 0.6 is 34.5 Å². The summed E-state index contributed by atoms with van der Waals surface area (Å²) in [5.74, 6) is 0.269. The molecule has 6 atom stereocenters. The van der Waals surface area contributed by atoms with Crippen molar-refractivity contribution in [1.82, 2.24) is 4.98 Å². The lowest BCUT2D eigenvalue weighted by molar-refractivity contribution is -0.149. The molecular weight excluding hydrogens is 491 g/mol. The van der Waals surface area contributed by atoms with Crippen molar-refractivity contribution < 1.29 is 17.9 Å². The maximum absolute atomic E-state index is 13.0. The van der Waals surface area contributed by atoms with E-state index in [-0.39, 0.29) is 56.1 Å². The molecule has 6 nitrogen and oxygen atoms in total. The Morgan fingerprint density at radius 3 is 2.59 bits per heavy atom. The molecule has 2 aliphatic carbocycles. The second-order valence-electron chi connectivity index (χ2n) is 9.52. The number of sulfonamides is 1. The van der Waals surface area contributed by atoms with Gasteiger partial charge in [0.2, 0.25) is 0 Å². The molecule has 1 saturated carbocycles. The molecule has 0 spiro atoms. The minimum Gasteiger partial charge on any atom is -0.461 e. The van der Waals surface area contributed by atoms with Gasteiger partial charge in [0.05, 0.1) is 21.7 Å². The molecule has 1 aliphatic heterocycles. The zero-order valence-corrected chi connectivity index (χ0v) is 21.0. The van der Waals surface area contributed by atoms with E-state index in [0.29, 0.717) is 5.13 Å². The average Bonchev–Trinajstić information content (AvgIpc) is 3.20. The molecule has 1 aromatic carbocycles. The third kappa shape index (κ3) is 3.37. The van der Waals surface area contributed by atoms with Crippen molar-refractivity contribution in [1.29, 1.82) is 0 Å². The highest BCUT2D eigenvalue weighted by atomic mass is 35.5. The van der Waals surface area contributed by atoms with Crippen LogP contribution in [-0.2, 0) is 26.0 Å². The Kier molecular flexibility index (Phi) is 5.32. The number of carbonyl (C=O) groups excluding carboxylic acids is 1. The van der Waals surface area contributed by atoms with Gasteiger partial charge >= 0.3 is 5.97 Å². The molecule has 0 bridgehead atoms. The number of anilines is 1. The Balaban J connectivity index is 1.48. The lowest BCUT2D eigenvalue weighted by Gasteiger charge is -2.51. The third-order valence-electron chi connectivity index (χ3n) is 7.57. The van der Waals surface area contributed by atoms with Gasteiger partial charge in [0, 0.05) is 22.6 Å². The summed E-state index contributed by atoms with van der Waals surface area (Å²) in [6.45, 7) is 6.34. The van der Waals surface area contributed by atoms with E-state index >= 15 is 0 Å². The van der Waals surface area contributed by atoms with E-state index in [1.165, 1.54) is 23.5 Å². The Morgan fingerprint density at radius 2 is 1.91 bits per heavy atom. The standard InChI is InChI=1S/C22H24Cl2N2O4S2/c1-10-12-7-8-22(3)9-15-17(11(2)16(22)18(12)30-20(10)27)25-21(31-15)26-32(28,29)19-13(23)5-4-6-14(19)24/h4-6,10-12,16,18H,7-9H2,1-3H3,(H,25,26)/t10-,11-,12-,16+,18-,22+/m0/s1. The molecule has 1 aromatic heterocycles. The Labute approximate surface area is 201 Å². The van der Waals surface area contributed by atoms with Gasteiger partial charge in [-0.05, 0) is 36.8 Å². The van der Waals surface area contributed by atoms with Crippen LogP contribution in [0.5, 0.6) is 0 Å². The molecule has 172 valence electrons. The van der Waals surface area contributed by atoms with E-state index in [1.807, 2.05) is 6.92 Å². The molecule has 1 saturated heterocycles. The number of hydrogen-bond acceptors (Lipinski definition) is 6. The molecule has 5 rings (SSSR count). The van der Waals surface area contributed by atoms with Gasteiger partial charge in [-0.25, -0.2) is 13.4 Å². The fourth-order valence-electron chi connectivity index (χ4n) is 6.03. The lowest BCUT2D eigenvalue weighted by Crippen LogP contribution is -2.50. The zero-order chi connectivity index (χ0) is 23.0. The first kappa shape index (κ1) is 22.4. The number of aromatic nitrogens is 1. The number of rotatable bonds is 3. The van der Waals surface area contributed by atoms with Gasteiger partial charge in [0.15, 0.2) is 5.13 Å². The molecule has 1 N–H and O–H groups in total. The fourth-order valence-corrected chi connectivity index (χ4v) is 9.67. The molecule has 3 aliphatic rings. The van der Waals surface area contributed by atoms with E-state index in [4.69, 9.17) is 27.9 Å². The Hall–Kier alpha value is -1.35. The van der Waals surface area contributed by atoms with Crippen molar-refractivity contribution in [2.75, 3.05) is 4.72 Å². The first-order valence-corrected chi connectivity index (χ1v) is 13.7. The summed E-state index contributed by atoms with van der Waals surface area (Å²) >= 11 is 13.6. The number of nitrogens with one attached hydrogen (secondary N) is 1. The smallest absolute Gasteiger partial charge is 0.309 e. The summed E-state index contributed by atoms with van der Waals surface area (Å²) in [7, 11) is -4.00. The number of thiazole rings is 1. The summed E-state index contributed by atoms with van der Waals surface area (Å²) < 4.78 is 34.4. The van der Waals surface area contributed by atoms with Crippen LogP contribution < -0.4 is 4.72 Å². The van der Waals surface area contributed by atoms with E-state index < -0.39 is 10.0 Å². The summed E-state index contributed by atoms with van der Waals surface area (Å²) in [5, 5.41) is 0.413. The van der Waals surface area contributed by atoms with Gasteiger partial charge in [0.25, 0.3) is 10.0 Å². The largest absolute Gasteiger partial charge is 0.461 e. The van der Waals surface area contributed by atoms with Crippen LogP contribution in [0.3, 0.4) is 0 Å². The lowest BCUT2D eigenvalue weighted by atomic mass is 9.54. The van der Waals surface area contributed by atoms with Gasteiger partial charge in [-0.3, -0.25) is 9.52 Å². The molecule has 10 heteroatoms. The highest BCUT2D eigenvalue weighted by molar-refractivity contribution is 7.93. The van der Waals surface area contributed by atoms with Crippen LogP contribution in [0.25, 0.3) is 0 Å². The van der Waals surface area contributed by atoms with E-state index in [1.54, 1.807) is 6.07 Å². The van der Waals surface area contributed by atoms with Crippen LogP contribution in [0, 0.1) is 23.2 Å². The Morgan fingerprint density at radius 1 is 1.22 bits per heavy atom. The van der Waals surface area contributed by atoms with Crippen molar-refractivity contribution >= 4 is 55.7 Å². The normalized spacial score (nSPS) is 33.8. The number of hydrogen-bond donors (Lipinski definition) is 1. The maximum Gasteiger partial charge on any atom is 0.309 e. The van der Waals surface area contributed by atoms with Crippen molar-refractivity contribution in [3.05, 3.63) is 38.8 Å². The Bertz CT molecular complexity index is 1190. The number of benzene rings is 1. The van der Waals surface area contributed by atoms with Crippen LogP contribution in [0.1, 0.15) is 50.1 Å². The second kappa shape index (κ2) is 7.58. The maximum atomic E-state index is 13.0. The summed E-state index contributed by atoms with van der Waals surface area (Å²) in [5.41, 5.74) is 0.865. The van der Waals surface area contributed by atoms with Crippen molar-refractivity contribution in [2.45, 2.75) is 57.0 Å². The number of esters is 1. The number of fused-ring (bicyclic) bond motifs is 4. The van der Waals surface area contributed by atoms with Crippen LogP contribution in [0.4, 0.5) is 5.13 Å². The van der Waals surface area contributed by atoms with E-state index in [9.17, 15) is 13.2 Å². The van der Waals surface area contributed by atoms with Crippen molar-refractivity contribution in [3.63, 3.8) is 0 Å². The van der Waals surface area contributed by atoms with Gasteiger partial charge < -0.3 is 4.74 Å². The molecule has 0 radical (unpaired) electrons. The first-order chi connectivity index (χ1) is 15.0. The van der Waals surface area contributed by atoms with Crippen molar-refractivity contribution in [2.24, 2.45) is 23.2 Å². The quantitative estimate of drug-likeness (QED) is 0.546. The molecule has 2 fully saturated rings. The number of halogens is 2. The minimum absolute atomic E-state index is 0.0212. The van der Waals surface area contributed by atoms with Crippen LogP contribution in [-0.4, -0.2) is 25.5 Å². The summed E-state index contributed by atoms with van der Waals surface area (Å²) in [6.07, 6.45) is 2.66. The second-order valence-corrected chi connectivity index (χ2v) is 13.0. The van der Waals surface area contributed by atoms with Crippen molar-refractivity contribution in [3.8, 4) is 0 Å². The third-order valence-corrected chi connectivity index (χ3v) is 11.0. The molecule has 0 unspecified atom stereocenters. The van der Waals surface area contributed by atoms with Gasteiger partial charge in [-0.2, -0.15) is 0 Å². The molecule has 2 heterocycles. The van der Waals surface area contributed by atoms with Gasteiger partial charge in [0.1, 0.15) is 11.0 Å². The van der Waals surface area contributed by atoms with Gasteiger partial charge in [-0.15, -0.1) is 11.3 Å². The molecule has 32 heavy (non-hydrogen) atoms. The highest BCUT2D eigenvalue weighted by Gasteiger charge is 2.58. The van der Waals surface area contributed by atoms with E-state index in [2.05, 4.69) is 23.6 Å². The van der Waals surface area contributed by atoms with Crippen LogP contribution in [0.15, 0.2) is 23.1 Å². The molecular formula is C22H24Cl2N2O4S2. The monoisotopic (exact) mass is 514 g/mol. The molecule has 0 amide bonds. The number of carbonyl (C=O) groups is 1. The summed E-state index contributed by atoms with van der Waals surface area (Å²) in [4.78, 5) is 17.9. The predicted molar refractivity (Wildman–Crippen MR) is 125 cm³/mol. The zero-order valence-electron chi connectivity index (χ0n) is 17.9. The predicted octanol–water partition coefficient (Wildman–Crippen LogP) is 5.50.